The normalized spacial score (nSPS) is 19.2. The fourth-order valence-electron chi connectivity index (χ4n) is 2.98. The number of hydrogen-bond donors (Lipinski definition) is 0. The first-order valence-electron chi connectivity index (χ1n) is 8.09. The summed E-state index contributed by atoms with van der Waals surface area (Å²) in [5.41, 5.74) is 0. The van der Waals surface area contributed by atoms with Gasteiger partial charge in [-0.2, -0.15) is 0 Å². The molecule has 1 aliphatic rings. The predicted molar refractivity (Wildman–Crippen MR) is 79.2 cm³/mol. The number of hydrogen-bond acceptors (Lipinski definition) is 3. The predicted octanol–water partition coefficient (Wildman–Crippen LogP) is 3.00. The number of likely N-dealkylation sites (tertiary alicyclic amines) is 1. The average molecular weight is 283 g/mol. The summed E-state index contributed by atoms with van der Waals surface area (Å²) in [5, 5.41) is 0. The molecule has 0 spiro atoms. The number of piperidine rings is 1. The van der Waals surface area contributed by atoms with Crippen LogP contribution >= 0.6 is 0 Å². The van der Waals surface area contributed by atoms with Gasteiger partial charge in [0.05, 0.1) is 12.5 Å². The van der Waals surface area contributed by atoms with Gasteiger partial charge in [-0.25, -0.2) is 0 Å². The Bertz CT molecular complexity index is 311. The maximum absolute atomic E-state index is 12.6. The lowest BCUT2D eigenvalue weighted by atomic mass is 9.93. The molecule has 1 saturated heterocycles. The molecule has 1 atom stereocenters. The van der Waals surface area contributed by atoms with Crippen LogP contribution in [-0.2, 0) is 14.3 Å². The number of esters is 1. The molecule has 116 valence electrons. The van der Waals surface area contributed by atoms with Crippen LogP contribution in [0.15, 0.2) is 0 Å². The molecular formula is C16H29NO3. The van der Waals surface area contributed by atoms with Crippen molar-refractivity contribution in [2.75, 3.05) is 19.7 Å². The lowest BCUT2D eigenvalue weighted by Gasteiger charge is -2.34. The van der Waals surface area contributed by atoms with E-state index in [1.165, 1.54) is 0 Å². The third-order valence-corrected chi connectivity index (χ3v) is 3.98. The van der Waals surface area contributed by atoms with Gasteiger partial charge in [-0.05, 0) is 32.6 Å². The van der Waals surface area contributed by atoms with Crippen LogP contribution in [0.1, 0.15) is 59.3 Å². The molecule has 1 amide bonds. The molecule has 0 radical (unpaired) electrons. The van der Waals surface area contributed by atoms with Crippen molar-refractivity contribution in [2.45, 2.75) is 59.3 Å². The molecule has 4 nitrogen and oxygen atoms in total. The van der Waals surface area contributed by atoms with E-state index in [-0.39, 0.29) is 23.7 Å². The van der Waals surface area contributed by atoms with Gasteiger partial charge in [0, 0.05) is 19.0 Å². The Labute approximate surface area is 122 Å². The molecule has 1 aliphatic heterocycles. The minimum Gasteiger partial charge on any atom is -0.466 e. The van der Waals surface area contributed by atoms with Crippen LogP contribution in [0.2, 0.25) is 0 Å². The fraction of sp³-hybridized carbons (Fsp3) is 0.875. The fourth-order valence-corrected chi connectivity index (χ4v) is 2.98. The maximum Gasteiger partial charge on any atom is 0.310 e. The summed E-state index contributed by atoms with van der Waals surface area (Å²) in [5.74, 6) is 0.0951. The van der Waals surface area contributed by atoms with Gasteiger partial charge in [0.2, 0.25) is 5.91 Å². The highest BCUT2D eigenvalue weighted by molar-refractivity contribution is 5.80. The number of carbonyl (C=O) groups excluding carboxylic acids is 2. The number of amides is 1. The molecule has 1 heterocycles. The summed E-state index contributed by atoms with van der Waals surface area (Å²) >= 11 is 0. The third-order valence-electron chi connectivity index (χ3n) is 3.98. The Morgan fingerprint density at radius 3 is 2.40 bits per heavy atom. The summed E-state index contributed by atoms with van der Waals surface area (Å²) in [6, 6.07) is 0. The second-order valence-electron chi connectivity index (χ2n) is 5.65. The van der Waals surface area contributed by atoms with E-state index in [2.05, 4.69) is 13.8 Å². The average Bonchev–Trinajstić information content (AvgIpc) is 2.46. The van der Waals surface area contributed by atoms with E-state index in [4.69, 9.17) is 4.74 Å². The van der Waals surface area contributed by atoms with Crippen molar-refractivity contribution in [3.8, 4) is 0 Å². The van der Waals surface area contributed by atoms with Crippen LogP contribution < -0.4 is 0 Å². The number of nitrogens with zero attached hydrogens (tertiary/aromatic N) is 1. The first kappa shape index (κ1) is 17.0. The molecule has 0 aromatic heterocycles. The van der Waals surface area contributed by atoms with E-state index in [0.29, 0.717) is 13.2 Å². The Balaban J connectivity index is 2.60. The smallest absolute Gasteiger partial charge is 0.310 e. The first-order chi connectivity index (χ1) is 9.63. The quantitative estimate of drug-likeness (QED) is 0.675. The second kappa shape index (κ2) is 8.98. The van der Waals surface area contributed by atoms with Gasteiger partial charge >= 0.3 is 5.97 Å². The molecule has 0 bridgehead atoms. The molecule has 0 aliphatic carbocycles. The van der Waals surface area contributed by atoms with Crippen molar-refractivity contribution in [1.29, 1.82) is 0 Å². The molecule has 0 unspecified atom stereocenters. The minimum absolute atomic E-state index is 0.128. The molecular weight excluding hydrogens is 254 g/mol. The minimum atomic E-state index is -0.146. The van der Waals surface area contributed by atoms with Crippen LogP contribution in [0.3, 0.4) is 0 Å². The number of carbonyl (C=O) groups is 2. The number of ether oxygens (including phenoxy) is 1. The van der Waals surface area contributed by atoms with Crippen LogP contribution in [0.25, 0.3) is 0 Å². The Morgan fingerprint density at radius 1 is 1.20 bits per heavy atom. The topological polar surface area (TPSA) is 46.6 Å². The van der Waals surface area contributed by atoms with Crippen molar-refractivity contribution < 1.29 is 14.3 Å². The van der Waals surface area contributed by atoms with E-state index >= 15 is 0 Å². The van der Waals surface area contributed by atoms with Gasteiger partial charge in [0.15, 0.2) is 0 Å². The molecule has 0 N–H and O–H groups in total. The summed E-state index contributed by atoms with van der Waals surface area (Å²) in [4.78, 5) is 26.3. The van der Waals surface area contributed by atoms with Crippen LogP contribution in [-0.4, -0.2) is 36.5 Å². The molecule has 4 heteroatoms. The van der Waals surface area contributed by atoms with Crippen molar-refractivity contribution in [1.82, 2.24) is 4.90 Å². The summed E-state index contributed by atoms with van der Waals surface area (Å²) in [6.45, 7) is 7.81. The highest BCUT2D eigenvalue weighted by Gasteiger charge is 2.31. The van der Waals surface area contributed by atoms with E-state index < -0.39 is 0 Å². The third kappa shape index (κ3) is 4.80. The van der Waals surface area contributed by atoms with Gasteiger partial charge in [-0.15, -0.1) is 0 Å². The van der Waals surface area contributed by atoms with Crippen LogP contribution in [0.5, 0.6) is 0 Å². The maximum atomic E-state index is 12.6. The van der Waals surface area contributed by atoms with Crippen molar-refractivity contribution in [3.05, 3.63) is 0 Å². The standard InChI is InChI=1S/C16H29NO3/c1-4-8-13(9-5-2)15(18)17-11-7-10-14(12-17)16(19)20-6-3/h13-14H,4-12H2,1-3H3/t14-/m0/s1. The van der Waals surface area contributed by atoms with Crippen molar-refractivity contribution in [2.24, 2.45) is 11.8 Å². The molecule has 1 rings (SSSR count). The lowest BCUT2D eigenvalue weighted by molar-refractivity contribution is -0.152. The van der Waals surface area contributed by atoms with Gasteiger partial charge in [-0.1, -0.05) is 26.7 Å². The molecule has 0 saturated carbocycles. The first-order valence-corrected chi connectivity index (χ1v) is 8.09. The Hall–Kier alpha value is -1.06. The molecule has 1 fully saturated rings. The zero-order chi connectivity index (χ0) is 15.0. The second-order valence-corrected chi connectivity index (χ2v) is 5.65. The number of rotatable bonds is 7. The highest BCUT2D eigenvalue weighted by Crippen LogP contribution is 2.23. The SMILES string of the molecule is CCCC(CCC)C(=O)N1CCC[C@H](C(=O)OCC)C1. The molecule has 0 aromatic carbocycles. The lowest BCUT2D eigenvalue weighted by Crippen LogP contribution is -2.45. The molecule has 20 heavy (non-hydrogen) atoms. The van der Waals surface area contributed by atoms with Crippen molar-refractivity contribution in [3.63, 3.8) is 0 Å². The van der Waals surface area contributed by atoms with Crippen molar-refractivity contribution >= 4 is 11.9 Å². The summed E-state index contributed by atoms with van der Waals surface area (Å²) in [6.07, 6.45) is 5.71. The van der Waals surface area contributed by atoms with Gasteiger partial charge in [0.1, 0.15) is 0 Å². The summed E-state index contributed by atoms with van der Waals surface area (Å²) < 4.78 is 5.09. The van der Waals surface area contributed by atoms with E-state index in [0.717, 1.165) is 45.1 Å². The Morgan fingerprint density at radius 2 is 1.85 bits per heavy atom. The Kier molecular flexibility index (Phi) is 7.63. The van der Waals surface area contributed by atoms with E-state index in [9.17, 15) is 9.59 Å². The largest absolute Gasteiger partial charge is 0.466 e. The van der Waals surface area contributed by atoms with Gasteiger partial charge < -0.3 is 9.64 Å². The van der Waals surface area contributed by atoms with E-state index in [1.807, 2.05) is 11.8 Å². The van der Waals surface area contributed by atoms with Gasteiger partial charge in [-0.3, -0.25) is 9.59 Å². The summed E-state index contributed by atoms with van der Waals surface area (Å²) in [7, 11) is 0. The molecule has 0 aromatic rings. The van der Waals surface area contributed by atoms with Crippen LogP contribution in [0.4, 0.5) is 0 Å². The highest BCUT2D eigenvalue weighted by atomic mass is 16.5. The zero-order valence-corrected chi connectivity index (χ0v) is 13.2. The van der Waals surface area contributed by atoms with Crippen LogP contribution in [0, 0.1) is 11.8 Å². The van der Waals surface area contributed by atoms with Gasteiger partial charge in [0.25, 0.3) is 0 Å². The zero-order valence-electron chi connectivity index (χ0n) is 13.2. The monoisotopic (exact) mass is 283 g/mol. The van der Waals surface area contributed by atoms with E-state index in [1.54, 1.807) is 0 Å².